The highest BCUT2D eigenvalue weighted by atomic mass is 35.5. The quantitative estimate of drug-likeness (QED) is 0.879. The molecular formula is C14H19ClN4O. The zero-order valence-electron chi connectivity index (χ0n) is 11.3. The van der Waals surface area contributed by atoms with E-state index in [0.717, 1.165) is 11.1 Å². The first-order valence-corrected chi connectivity index (χ1v) is 6.20. The van der Waals surface area contributed by atoms with Gasteiger partial charge >= 0.3 is 0 Å². The van der Waals surface area contributed by atoms with Crippen molar-refractivity contribution in [2.45, 2.75) is 19.0 Å². The lowest BCUT2D eigenvalue weighted by Gasteiger charge is -2.11. The molecule has 2 rings (SSSR count). The standard InChI is InChI=1S/C14H18N4O.ClH/c1-18-10-11(9-17-18)8-16-14(19)7-13(15)12-5-3-2-4-6-12;/h2-6,9-10,13H,7-8,15H2,1H3,(H,16,19);1H. The van der Waals surface area contributed by atoms with E-state index in [-0.39, 0.29) is 30.8 Å². The first kappa shape index (κ1) is 16.2. The summed E-state index contributed by atoms with van der Waals surface area (Å²) in [5.74, 6) is -0.0554. The van der Waals surface area contributed by atoms with E-state index in [1.54, 1.807) is 10.9 Å². The van der Waals surface area contributed by atoms with Gasteiger partial charge in [0.1, 0.15) is 0 Å². The fraction of sp³-hybridized carbons (Fsp3) is 0.286. The molecule has 0 fully saturated rings. The van der Waals surface area contributed by atoms with Crippen molar-refractivity contribution in [1.82, 2.24) is 15.1 Å². The van der Waals surface area contributed by atoms with Crippen LogP contribution in [0.25, 0.3) is 0 Å². The topological polar surface area (TPSA) is 72.9 Å². The third-order valence-electron chi connectivity index (χ3n) is 2.88. The first-order chi connectivity index (χ1) is 9.15. The molecule has 0 aliphatic carbocycles. The van der Waals surface area contributed by atoms with Gasteiger partial charge in [0, 0.05) is 37.8 Å². The van der Waals surface area contributed by atoms with Crippen molar-refractivity contribution in [2.24, 2.45) is 12.8 Å². The van der Waals surface area contributed by atoms with Crippen molar-refractivity contribution < 1.29 is 4.79 Å². The minimum Gasteiger partial charge on any atom is -0.352 e. The lowest BCUT2D eigenvalue weighted by atomic mass is 10.0. The second-order valence-corrected chi connectivity index (χ2v) is 4.52. The van der Waals surface area contributed by atoms with Gasteiger partial charge in [-0.3, -0.25) is 9.48 Å². The first-order valence-electron chi connectivity index (χ1n) is 6.20. The summed E-state index contributed by atoms with van der Waals surface area (Å²) < 4.78 is 1.71. The van der Waals surface area contributed by atoms with Crippen LogP contribution in [0.2, 0.25) is 0 Å². The molecule has 1 unspecified atom stereocenters. The zero-order valence-corrected chi connectivity index (χ0v) is 12.1. The number of nitrogens with one attached hydrogen (secondary N) is 1. The van der Waals surface area contributed by atoms with Crippen molar-refractivity contribution >= 4 is 18.3 Å². The number of carbonyl (C=O) groups is 1. The predicted molar refractivity (Wildman–Crippen MR) is 80.3 cm³/mol. The fourth-order valence-corrected chi connectivity index (χ4v) is 1.85. The van der Waals surface area contributed by atoms with Crippen molar-refractivity contribution in [3.8, 4) is 0 Å². The molecule has 0 aliphatic rings. The average molecular weight is 295 g/mol. The van der Waals surface area contributed by atoms with Crippen LogP contribution in [0.1, 0.15) is 23.6 Å². The number of benzene rings is 1. The molecule has 0 bridgehead atoms. The summed E-state index contributed by atoms with van der Waals surface area (Å²) in [5, 5.41) is 6.88. The molecule has 108 valence electrons. The molecule has 6 heteroatoms. The van der Waals surface area contributed by atoms with Gasteiger partial charge in [-0.15, -0.1) is 12.4 Å². The maximum absolute atomic E-state index is 11.8. The molecule has 0 saturated carbocycles. The van der Waals surface area contributed by atoms with E-state index in [9.17, 15) is 4.79 Å². The maximum atomic E-state index is 11.8. The SMILES string of the molecule is Cl.Cn1cc(CNC(=O)CC(N)c2ccccc2)cn1. The number of rotatable bonds is 5. The van der Waals surface area contributed by atoms with E-state index in [1.807, 2.05) is 43.6 Å². The summed E-state index contributed by atoms with van der Waals surface area (Å²) in [5.41, 5.74) is 7.94. The van der Waals surface area contributed by atoms with Crippen LogP contribution in [0, 0.1) is 0 Å². The molecule has 0 spiro atoms. The Morgan fingerprint density at radius 2 is 2.10 bits per heavy atom. The molecule has 2 aromatic rings. The highest BCUT2D eigenvalue weighted by Gasteiger charge is 2.11. The Labute approximate surface area is 124 Å². The van der Waals surface area contributed by atoms with Crippen LogP contribution in [0.5, 0.6) is 0 Å². The largest absolute Gasteiger partial charge is 0.352 e. The number of nitrogens with two attached hydrogens (primary N) is 1. The molecule has 5 nitrogen and oxygen atoms in total. The van der Waals surface area contributed by atoms with Gasteiger partial charge in [0.15, 0.2) is 0 Å². The summed E-state index contributed by atoms with van der Waals surface area (Å²) in [6, 6.07) is 9.36. The van der Waals surface area contributed by atoms with Crippen molar-refractivity contribution in [3.63, 3.8) is 0 Å². The number of carbonyl (C=O) groups excluding carboxylic acids is 1. The van der Waals surface area contributed by atoms with Crippen LogP contribution in [-0.2, 0) is 18.4 Å². The fourth-order valence-electron chi connectivity index (χ4n) is 1.85. The molecule has 1 heterocycles. The Hall–Kier alpha value is -1.85. The van der Waals surface area contributed by atoms with Crippen LogP contribution < -0.4 is 11.1 Å². The van der Waals surface area contributed by atoms with Gasteiger partial charge in [-0.1, -0.05) is 30.3 Å². The van der Waals surface area contributed by atoms with Gasteiger partial charge in [0.25, 0.3) is 0 Å². The number of amides is 1. The number of hydrogen-bond donors (Lipinski definition) is 2. The predicted octanol–water partition coefficient (Wildman–Crippen LogP) is 1.55. The van der Waals surface area contributed by atoms with Crippen molar-refractivity contribution in [3.05, 3.63) is 53.9 Å². The molecule has 0 radical (unpaired) electrons. The van der Waals surface area contributed by atoms with E-state index >= 15 is 0 Å². The highest BCUT2D eigenvalue weighted by Crippen LogP contribution is 2.12. The number of aryl methyl sites for hydroxylation is 1. The third kappa shape index (κ3) is 4.68. The van der Waals surface area contributed by atoms with Gasteiger partial charge in [0.05, 0.1) is 6.20 Å². The maximum Gasteiger partial charge on any atom is 0.222 e. The monoisotopic (exact) mass is 294 g/mol. The second-order valence-electron chi connectivity index (χ2n) is 4.52. The van der Waals surface area contributed by atoms with E-state index in [2.05, 4.69) is 10.4 Å². The number of aromatic nitrogens is 2. The number of nitrogens with zero attached hydrogens (tertiary/aromatic N) is 2. The van der Waals surface area contributed by atoms with Crippen LogP contribution >= 0.6 is 12.4 Å². The summed E-state index contributed by atoms with van der Waals surface area (Å²) in [6.07, 6.45) is 3.89. The van der Waals surface area contributed by atoms with E-state index in [0.29, 0.717) is 6.54 Å². The smallest absolute Gasteiger partial charge is 0.222 e. The van der Waals surface area contributed by atoms with Crippen LogP contribution in [-0.4, -0.2) is 15.7 Å². The Balaban J connectivity index is 0.00000200. The molecule has 0 aliphatic heterocycles. The summed E-state index contributed by atoms with van der Waals surface area (Å²) in [7, 11) is 1.84. The van der Waals surface area contributed by atoms with Crippen LogP contribution in [0.15, 0.2) is 42.7 Å². The Morgan fingerprint density at radius 3 is 2.70 bits per heavy atom. The highest BCUT2D eigenvalue weighted by molar-refractivity contribution is 5.85. The molecule has 1 amide bonds. The van der Waals surface area contributed by atoms with Crippen molar-refractivity contribution in [2.75, 3.05) is 0 Å². The molecule has 1 aromatic carbocycles. The number of halogens is 1. The minimum absolute atomic E-state index is 0. The van der Waals surface area contributed by atoms with Gasteiger partial charge in [0.2, 0.25) is 5.91 Å². The summed E-state index contributed by atoms with van der Waals surface area (Å²) in [6.45, 7) is 0.480. The molecule has 1 atom stereocenters. The van der Waals surface area contributed by atoms with E-state index in [1.165, 1.54) is 0 Å². The second kappa shape index (κ2) is 7.67. The summed E-state index contributed by atoms with van der Waals surface area (Å²) >= 11 is 0. The van der Waals surface area contributed by atoms with Crippen LogP contribution in [0.4, 0.5) is 0 Å². The molecular weight excluding hydrogens is 276 g/mol. The lowest BCUT2D eigenvalue weighted by Crippen LogP contribution is -2.27. The van der Waals surface area contributed by atoms with Gasteiger partial charge in [-0.25, -0.2) is 0 Å². The third-order valence-corrected chi connectivity index (χ3v) is 2.88. The van der Waals surface area contributed by atoms with E-state index in [4.69, 9.17) is 5.73 Å². The Kier molecular flexibility index (Phi) is 6.21. The normalized spacial score (nSPS) is 11.5. The molecule has 0 saturated heterocycles. The molecule has 3 N–H and O–H groups in total. The molecule has 20 heavy (non-hydrogen) atoms. The number of hydrogen-bond acceptors (Lipinski definition) is 3. The van der Waals surface area contributed by atoms with Gasteiger partial charge in [-0.05, 0) is 5.56 Å². The minimum atomic E-state index is -0.268. The van der Waals surface area contributed by atoms with Gasteiger partial charge < -0.3 is 11.1 Å². The summed E-state index contributed by atoms with van der Waals surface area (Å²) in [4.78, 5) is 11.8. The Bertz CT molecular complexity index is 541. The zero-order chi connectivity index (χ0) is 13.7. The Morgan fingerprint density at radius 1 is 1.40 bits per heavy atom. The van der Waals surface area contributed by atoms with Crippen molar-refractivity contribution in [1.29, 1.82) is 0 Å². The lowest BCUT2D eigenvalue weighted by molar-refractivity contribution is -0.121. The average Bonchev–Trinajstić information content (AvgIpc) is 2.83. The van der Waals surface area contributed by atoms with E-state index < -0.39 is 0 Å². The van der Waals surface area contributed by atoms with Crippen LogP contribution in [0.3, 0.4) is 0 Å². The van der Waals surface area contributed by atoms with Gasteiger partial charge in [-0.2, -0.15) is 5.10 Å². The molecule has 1 aromatic heterocycles.